The highest BCUT2D eigenvalue weighted by Gasteiger charge is 2.10. The van der Waals surface area contributed by atoms with Crippen molar-refractivity contribution in [2.75, 3.05) is 0 Å². The van der Waals surface area contributed by atoms with Crippen molar-refractivity contribution in [3.8, 4) is 5.75 Å². The van der Waals surface area contributed by atoms with Crippen LogP contribution < -0.4 is 0 Å². The summed E-state index contributed by atoms with van der Waals surface area (Å²) in [4.78, 5) is 21.6. The van der Waals surface area contributed by atoms with Gasteiger partial charge in [-0.3, -0.25) is 9.59 Å². The Bertz CT molecular complexity index is 435. The highest BCUT2D eigenvalue weighted by atomic mass is 16.4. The molecule has 0 amide bonds. The Balaban J connectivity index is 3.06. The number of aryl methyl sites for hydroxylation is 2. The average molecular weight is 222 g/mol. The number of carbonyl (C=O) groups excluding carboxylic acids is 1. The Morgan fingerprint density at radius 2 is 1.94 bits per heavy atom. The van der Waals surface area contributed by atoms with Gasteiger partial charge in [0, 0.05) is 12.0 Å². The smallest absolute Gasteiger partial charge is 0.303 e. The van der Waals surface area contributed by atoms with E-state index < -0.39 is 5.97 Å². The van der Waals surface area contributed by atoms with Crippen LogP contribution in [0.3, 0.4) is 0 Å². The molecule has 1 rings (SSSR count). The predicted molar refractivity (Wildman–Crippen MR) is 58.8 cm³/mol. The largest absolute Gasteiger partial charge is 0.507 e. The maximum atomic E-state index is 11.2. The number of phenols is 1. The van der Waals surface area contributed by atoms with Crippen molar-refractivity contribution in [3.05, 3.63) is 28.8 Å². The third kappa shape index (κ3) is 2.82. The normalized spacial score (nSPS) is 10.1. The standard InChI is InChI=1S/C12H14O4/c1-7-5-10(8(2)13)6-9(12(7)16)3-4-11(14)15/h5-6,16H,3-4H2,1-2H3,(H,14,15). The van der Waals surface area contributed by atoms with Crippen molar-refractivity contribution in [1.29, 1.82) is 0 Å². The molecule has 0 saturated heterocycles. The molecule has 2 N–H and O–H groups in total. The first-order chi connectivity index (χ1) is 7.41. The topological polar surface area (TPSA) is 74.6 Å². The zero-order valence-corrected chi connectivity index (χ0v) is 9.28. The lowest BCUT2D eigenvalue weighted by molar-refractivity contribution is -0.136. The van der Waals surface area contributed by atoms with Crippen molar-refractivity contribution in [1.82, 2.24) is 0 Å². The number of hydrogen-bond acceptors (Lipinski definition) is 3. The molecule has 0 aliphatic carbocycles. The Morgan fingerprint density at radius 1 is 1.31 bits per heavy atom. The number of aliphatic carboxylic acids is 1. The average Bonchev–Trinajstić information content (AvgIpc) is 2.19. The molecule has 16 heavy (non-hydrogen) atoms. The van der Waals surface area contributed by atoms with Crippen LogP contribution in [-0.4, -0.2) is 22.0 Å². The molecule has 0 aliphatic rings. The molecule has 0 aromatic heterocycles. The first kappa shape index (κ1) is 12.2. The summed E-state index contributed by atoms with van der Waals surface area (Å²) in [5.41, 5.74) is 1.59. The fourth-order valence-electron chi connectivity index (χ4n) is 1.49. The fraction of sp³-hybridized carbons (Fsp3) is 0.333. The van der Waals surface area contributed by atoms with Gasteiger partial charge >= 0.3 is 5.97 Å². The van der Waals surface area contributed by atoms with Crippen molar-refractivity contribution in [2.24, 2.45) is 0 Å². The Labute approximate surface area is 93.5 Å². The number of carboxylic acids is 1. The minimum atomic E-state index is -0.926. The molecule has 0 bridgehead atoms. The summed E-state index contributed by atoms with van der Waals surface area (Å²) in [6, 6.07) is 3.15. The minimum Gasteiger partial charge on any atom is -0.507 e. The number of carbonyl (C=O) groups is 2. The molecule has 1 aromatic rings. The van der Waals surface area contributed by atoms with Gasteiger partial charge in [0.15, 0.2) is 5.78 Å². The molecule has 4 nitrogen and oxygen atoms in total. The van der Waals surface area contributed by atoms with Gasteiger partial charge < -0.3 is 10.2 Å². The molecule has 0 unspecified atom stereocenters. The van der Waals surface area contributed by atoms with E-state index in [2.05, 4.69) is 0 Å². The SMILES string of the molecule is CC(=O)c1cc(C)c(O)c(CCC(=O)O)c1. The molecule has 1 aromatic carbocycles. The number of benzene rings is 1. The summed E-state index contributed by atoms with van der Waals surface area (Å²) in [6.07, 6.45) is 0.164. The van der Waals surface area contributed by atoms with Crippen molar-refractivity contribution < 1.29 is 19.8 Å². The highest BCUT2D eigenvalue weighted by molar-refractivity contribution is 5.94. The van der Waals surface area contributed by atoms with Crippen LogP contribution in [0.15, 0.2) is 12.1 Å². The van der Waals surface area contributed by atoms with Crippen LogP contribution in [0.1, 0.15) is 34.8 Å². The quantitative estimate of drug-likeness (QED) is 0.763. The second kappa shape index (κ2) is 4.79. The van der Waals surface area contributed by atoms with E-state index in [0.717, 1.165) is 0 Å². The maximum Gasteiger partial charge on any atom is 0.303 e. The first-order valence-electron chi connectivity index (χ1n) is 4.97. The third-order valence-electron chi connectivity index (χ3n) is 2.39. The number of hydrogen-bond donors (Lipinski definition) is 2. The van der Waals surface area contributed by atoms with Gasteiger partial charge in [-0.1, -0.05) is 0 Å². The van der Waals surface area contributed by atoms with Crippen molar-refractivity contribution in [3.63, 3.8) is 0 Å². The molecular weight excluding hydrogens is 208 g/mol. The van der Waals surface area contributed by atoms with Gasteiger partial charge in [0.05, 0.1) is 0 Å². The number of rotatable bonds is 4. The third-order valence-corrected chi connectivity index (χ3v) is 2.39. The Kier molecular flexibility index (Phi) is 3.66. The van der Waals surface area contributed by atoms with Crippen LogP contribution >= 0.6 is 0 Å². The monoisotopic (exact) mass is 222 g/mol. The molecule has 0 radical (unpaired) electrons. The number of ketones is 1. The number of Topliss-reactive ketones (excluding diaryl/α,β-unsaturated/α-hetero) is 1. The number of aromatic hydroxyl groups is 1. The highest BCUT2D eigenvalue weighted by Crippen LogP contribution is 2.25. The van der Waals surface area contributed by atoms with Crippen molar-refractivity contribution in [2.45, 2.75) is 26.7 Å². The first-order valence-corrected chi connectivity index (χ1v) is 4.97. The van der Waals surface area contributed by atoms with E-state index in [1.807, 2.05) is 0 Å². The zero-order valence-electron chi connectivity index (χ0n) is 9.28. The summed E-state index contributed by atoms with van der Waals surface area (Å²) >= 11 is 0. The van der Waals surface area contributed by atoms with Crippen LogP contribution in [0.5, 0.6) is 5.75 Å². The van der Waals surface area contributed by atoms with Crippen LogP contribution in [0.2, 0.25) is 0 Å². The number of carboxylic acid groups (broad SMARTS) is 1. The Morgan fingerprint density at radius 3 is 2.44 bits per heavy atom. The molecule has 0 aliphatic heterocycles. The molecular formula is C12H14O4. The molecule has 0 spiro atoms. The summed E-state index contributed by atoms with van der Waals surface area (Å²) in [5, 5.41) is 18.3. The van der Waals surface area contributed by atoms with Gasteiger partial charge in [0.2, 0.25) is 0 Å². The van der Waals surface area contributed by atoms with E-state index >= 15 is 0 Å². The second-order valence-electron chi connectivity index (χ2n) is 3.75. The van der Waals surface area contributed by atoms with Crippen LogP contribution in [-0.2, 0) is 11.2 Å². The fourth-order valence-corrected chi connectivity index (χ4v) is 1.49. The van der Waals surface area contributed by atoms with E-state index in [9.17, 15) is 14.7 Å². The lowest BCUT2D eigenvalue weighted by atomic mass is 9.99. The molecule has 0 heterocycles. The lowest BCUT2D eigenvalue weighted by Crippen LogP contribution is -2.01. The van der Waals surface area contributed by atoms with E-state index in [1.165, 1.54) is 6.92 Å². The van der Waals surface area contributed by atoms with E-state index in [-0.39, 0.29) is 24.4 Å². The van der Waals surface area contributed by atoms with Gasteiger partial charge in [-0.05, 0) is 43.5 Å². The van der Waals surface area contributed by atoms with Gasteiger partial charge in [-0.2, -0.15) is 0 Å². The second-order valence-corrected chi connectivity index (χ2v) is 3.75. The van der Waals surface area contributed by atoms with Crippen LogP contribution in [0, 0.1) is 6.92 Å². The molecule has 0 fully saturated rings. The zero-order chi connectivity index (χ0) is 12.3. The summed E-state index contributed by atoms with van der Waals surface area (Å²) in [6.45, 7) is 3.12. The van der Waals surface area contributed by atoms with Crippen LogP contribution in [0.4, 0.5) is 0 Å². The van der Waals surface area contributed by atoms with Gasteiger partial charge in [-0.25, -0.2) is 0 Å². The predicted octanol–water partition coefficient (Wildman–Crippen LogP) is 1.92. The maximum absolute atomic E-state index is 11.2. The van der Waals surface area contributed by atoms with Crippen molar-refractivity contribution >= 4 is 11.8 Å². The van der Waals surface area contributed by atoms with Gasteiger partial charge in [-0.15, -0.1) is 0 Å². The summed E-state index contributed by atoms with van der Waals surface area (Å²) in [7, 11) is 0. The molecule has 0 saturated carbocycles. The summed E-state index contributed by atoms with van der Waals surface area (Å²) in [5.74, 6) is -0.948. The number of phenolic OH excluding ortho intramolecular Hbond substituents is 1. The van der Waals surface area contributed by atoms with E-state index in [1.54, 1.807) is 19.1 Å². The van der Waals surface area contributed by atoms with E-state index in [4.69, 9.17) is 5.11 Å². The molecule has 4 heteroatoms. The Hall–Kier alpha value is -1.84. The lowest BCUT2D eigenvalue weighted by Gasteiger charge is -2.08. The molecule has 86 valence electrons. The van der Waals surface area contributed by atoms with Crippen LogP contribution in [0.25, 0.3) is 0 Å². The van der Waals surface area contributed by atoms with Gasteiger partial charge in [0.25, 0.3) is 0 Å². The van der Waals surface area contributed by atoms with E-state index in [0.29, 0.717) is 16.7 Å². The van der Waals surface area contributed by atoms with Gasteiger partial charge in [0.1, 0.15) is 5.75 Å². The molecule has 0 atom stereocenters. The minimum absolute atomic E-state index is 0.0612. The summed E-state index contributed by atoms with van der Waals surface area (Å²) < 4.78 is 0.